The van der Waals surface area contributed by atoms with E-state index in [0.717, 1.165) is 58.0 Å². The highest BCUT2D eigenvalue weighted by molar-refractivity contribution is 5.66. The van der Waals surface area contributed by atoms with E-state index < -0.39 is 11.8 Å². The lowest BCUT2D eigenvalue weighted by Crippen LogP contribution is -2.35. The van der Waals surface area contributed by atoms with Crippen molar-refractivity contribution in [3.63, 3.8) is 0 Å². The summed E-state index contributed by atoms with van der Waals surface area (Å²) in [6.07, 6.45) is 54.3. The molecule has 302 valence electrons. The highest BCUT2D eigenvalue weighted by atomic mass is 16.7. The number of likely N-dealkylation sites (N-methyl/N-ethyl adjacent to an activating group) is 1. The van der Waals surface area contributed by atoms with Gasteiger partial charge in [0.05, 0.1) is 12.7 Å². The molecule has 0 radical (unpaired) electrons. The molecule has 0 amide bonds. The minimum absolute atomic E-state index is 0.123. The molecule has 1 atom stereocenters. The Kier molecular flexibility index (Phi) is 33.7. The molecule has 0 aromatic heterocycles. The molecule has 1 N–H and O–H groups in total. The van der Waals surface area contributed by atoms with E-state index in [1.54, 1.807) is 0 Å². The average molecular weight is 728 g/mol. The number of hydrogen-bond acceptors (Lipinski definition) is 4. The van der Waals surface area contributed by atoms with Crippen LogP contribution in [0.2, 0.25) is 0 Å². The van der Waals surface area contributed by atoms with Crippen LogP contribution >= 0.6 is 0 Å². The standard InChI is InChI=1S/C47H85NO4/c1-4-6-8-10-12-14-16-18-20-22-24-26-28-30-32-36-40-47(51-44-45(52-47)43-48(3)42-38-34-35-39-46(49)50)41-37-33-31-29-27-25-23-21-19-17-15-13-11-9-7-5-2/h12-15,18-21,45H,4-11,16-17,22-44H2,1-3H3,(H,49,50). The van der Waals surface area contributed by atoms with Crippen molar-refractivity contribution in [2.75, 3.05) is 26.7 Å². The second kappa shape index (κ2) is 36.3. The number of nitrogens with zero attached hydrogens (tertiary/aromatic N) is 1. The first-order chi connectivity index (χ1) is 25.5. The highest BCUT2D eigenvalue weighted by Gasteiger charge is 2.40. The zero-order valence-electron chi connectivity index (χ0n) is 34.6. The Morgan fingerprint density at radius 3 is 1.48 bits per heavy atom. The molecule has 5 nitrogen and oxygen atoms in total. The molecule has 0 aromatic rings. The number of hydrogen-bond donors (Lipinski definition) is 1. The van der Waals surface area contributed by atoms with Crippen LogP contribution in [0, 0.1) is 0 Å². The van der Waals surface area contributed by atoms with Crippen LogP contribution in [-0.4, -0.2) is 54.6 Å². The van der Waals surface area contributed by atoms with E-state index in [2.05, 4.69) is 74.4 Å². The summed E-state index contributed by atoms with van der Waals surface area (Å²) in [6.45, 7) is 7.07. The van der Waals surface area contributed by atoms with Crippen molar-refractivity contribution < 1.29 is 19.4 Å². The van der Waals surface area contributed by atoms with Crippen LogP contribution in [0.15, 0.2) is 48.6 Å². The first kappa shape index (κ1) is 48.3. The monoisotopic (exact) mass is 728 g/mol. The molecule has 0 saturated carbocycles. The Morgan fingerprint density at radius 2 is 1.02 bits per heavy atom. The van der Waals surface area contributed by atoms with Crippen LogP contribution in [0.25, 0.3) is 0 Å². The summed E-state index contributed by atoms with van der Waals surface area (Å²) >= 11 is 0. The van der Waals surface area contributed by atoms with E-state index in [1.165, 1.54) is 141 Å². The lowest BCUT2D eigenvalue weighted by Gasteiger charge is -2.29. The Morgan fingerprint density at radius 1 is 0.596 bits per heavy atom. The molecule has 1 aliphatic rings. The first-order valence-corrected chi connectivity index (χ1v) is 22.3. The number of carboxylic acids is 1. The van der Waals surface area contributed by atoms with E-state index in [4.69, 9.17) is 14.6 Å². The van der Waals surface area contributed by atoms with Crippen molar-refractivity contribution >= 4 is 5.97 Å². The van der Waals surface area contributed by atoms with Gasteiger partial charge in [-0.3, -0.25) is 4.79 Å². The molecule has 1 heterocycles. The molecule has 0 spiro atoms. The number of allylic oxidation sites excluding steroid dienone is 8. The van der Waals surface area contributed by atoms with Gasteiger partial charge in [0, 0.05) is 25.8 Å². The number of aliphatic carboxylic acids is 1. The Hall–Kier alpha value is -1.69. The van der Waals surface area contributed by atoms with Crippen LogP contribution < -0.4 is 0 Å². The molecule has 0 bridgehead atoms. The SMILES string of the molecule is CCCCCC=CCC=CCCCCCCCCC1(CCCCCCCCC=CCC=CCCCCC)OCC(CN(C)CCCCCC(=O)O)O1. The fourth-order valence-corrected chi connectivity index (χ4v) is 7.13. The second-order valence-corrected chi connectivity index (χ2v) is 15.6. The van der Waals surface area contributed by atoms with Crippen molar-refractivity contribution in [3.8, 4) is 0 Å². The molecule has 1 rings (SSSR count). The van der Waals surface area contributed by atoms with Crippen LogP contribution in [0.1, 0.15) is 206 Å². The third-order valence-corrected chi connectivity index (χ3v) is 10.4. The third kappa shape index (κ3) is 30.7. The predicted molar refractivity (Wildman–Crippen MR) is 225 cm³/mol. The minimum atomic E-state index is -0.694. The fourth-order valence-electron chi connectivity index (χ4n) is 7.13. The van der Waals surface area contributed by atoms with E-state index in [-0.39, 0.29) is 12.5 Å². The molecule has 1 unspecified atom stereocenters. The van der Waals surface area contributed by atoms with Gasteiger partial charge >= 0.3 is 5.97 Å². The fraction of sp³-hybridized carbons (Fsp3) is 0.809. The zero-order valence-corrected chi connectivity index (χ0v) is 34.6. The Balaban J connectivity index is 2.31. The maximum atomic E-state index is 10.8. The smallest absolute Gasteiger partial charge is 0.303 e. The van der Waals surface area contributed by atoms with Gasteiger partial charge in [-0.2, -0.15) is 0 Å². The van der Waals surface area contributed by atoms with Crippen LogP contribution in [0.5, 0.6) is 0 Å². The Labute approximate surface area is 323 Å². The van der Waals surface area contributed by atoms with Gasteiger partial charge in [0.1, 0.15) is 0 Å². The molecule has 1 saturated heterocycles. The van der Waals surface area contributed by atoms with Crippen molar-refractivity contribution in [1.82, 2.24) is 4.90 Å². The van der Waals surface area contributed by atoms with Gasteiger partial charge in [-0.05, 0) is 103 Å². The topological polar surface area (TPSA) is 59.0 Å². The van der Waals surface area contributed by atoms with E-state index in [1.807, 2.05) is 0 Å². The molecule has 52 heavy (non-hydrogen) atoms. The van der Waals surface area contributed by atoms with Crippen LogP contribution in [-0.2, 0) is 14.3 Å². The van der Waals surface area contributed by atoms with Crippen LogP contribution in [0.3, 0.4) is 0 Å². The van der Waals surface area contributed by atoms with Gasteiger partial charge in [0.2, 0.25) is 0 Å². The maximum absolute atomic E-state index is 10.8. The van der Waals surface area contributed by atoms with Crippen molar-refractivity contribution in [3.05, 3.63) is 48.6 Å². The minimum Gasteiger partial charge on any atom is -0.481 e. The highest BCUT2D eigenvalue weighted by Crippen LogP contribution is 2.35. The number of carbonyl (C=O) groups is 1. The largest absolute Gasteiger partial charge is 0.481 e. The summed E-state index contributed by atoms with van der Waals surface area (Å²) in [7, 11) is 2.16. The summed E-state index contributed by atoms with van der Waals surface area (Å²) in [5, 5.41) is 8.89. The maximum Gasteiger partial charge on any atom is 0.303 e. The molecule has 1 fully saturated rings. The molecule has 0 aromatic carbocycles. The first-order valence-electron chi connectivity index (χ1n) is 22.3. The van der Waals surface area contributed by atoms with Crippen molar-refractivity contribution in [2.45, 2.75) is 218 Å². The van der Waals surface area contributed by atoms with Crippen LogP contribution in [0.4, 0.5) is 0 Å². The van der Waals surface area contributed by atoms with Gasteiger partial charge in [-0.1, -0.05) is 146 Å². The van der Waals surface area contributed by atoms with E-state index in [0.29, 0.717) is 6.61 Å². The summed E-state index contributed by atoms with van der Waals surface area (Å²) in [5.74, 6) is -1.10. The number of rotatable bonds is 38. The summed E-state index contributed by atoms with van der Waals surface area (Å²) < 4.78 is 13.3. The molecule has 5 heteroatoms. The molecule has 1 aliphatic heterocycles. The van der Waals surface area contributed by atoms with Gasteiger partial charge in [0.15, 0.2) is 5.79 Å². The summed E-state index contributed by atoms with van der Waals surface area (Å²) in [5.41, 5.74) is 0. The van der Waals surface area contributed by atoms with Crippen molar-refractivity contribution in [1.29, 1.82) is 0 Å². The lowest BCUT2D eigenvalue weighted by molar-refractivity contribution is -0.180. The number of unbranched alkanes of at least 4 members (excludes halogenated alkanes) is 20. The number of carboxylic acid groups (broad SMARTS) is 1. The van der Waals surface area contributed by atoms with Gasteiger partial charge < -0.3 is 19.5 Å². The van der Waals surface area contributed by atoms with Gasteiger partial charge in [0.25, 0.3) is 0 Å². The second-order valence-electron chi connectivity index (χ2n) is 15.6. The summed E-state index contributed by atoms with van der Waals surface area (Å²) in [6, 6.07) is 0. The Bertz CT molecular complexity index is 861. The quantitative estimate of drug-likeness (QED) is 0.0507. The average Bonchev–Trinajstić information content (AvgIpc) is 3.53. The zero-order chi connectivity index (χ0) is 37.6. The normalized spacial score (nSPS) is 18.1. The lowest BCUT2D eigenvalue weighted by atomic mass is 9.98. The molecular formula is C47H85NO4. The van der Waals surface area contributed by atoms with E-state index >= 15 is 0 Å². The van der Waals surface area contributed by atoms with E-state index in [9.17, 15) is 4.79 Å². The van der Waals surface area contributed by atoms with Crippen molar-refractivity contribution in [2.24, 2.45) is 0 Å². The predicted octanol–water partition coefficient (Wildman–Crippen LogP) is 14.1. The van der Waals surface area contributed by atoms with Gasteiger partial charge in [-0.25, -0.2) is 0 Å². The number of ether oxygens (including phenoxy) is 2. The third-order valence-electron chi connectivity index (χ3n) is 10.4. The molecular weight excluding hydrogens is 643 g/mol. The van der Waals surface area contributed by atoms with Gasteiger partial charge in [-0.15, -0.1) is 0 Å². The summed E-state index contributed by atoms with van der Waals surface area (Å²) in [4.78, 5) is 13.1. The molecule has 0 aliphatic carbocycles.